The number of hydrogen-bond acceptors (Lipinski definition) is 3. The van der Waals surface area contributed by atoms with Gasteiger partial charge in [0, 0.05) is 6.07 Å². The van der Waals surface area contributed by atoms with Gasteiger partial charge in [-0.2, -0.15) is 4.07 Å². The van der Waals surface area contributed by atoms with Crippen molar-refractivity contribution in [3.05, 3.63) is 51.1 Å². The smallest absolute Gasteiger partial charge is 0.281 e. The minimum Gasteiger partial charge on any atom is -0.282 e. The van der Waals surface area contributed by atoms with Crippen LogP contribution in [0, 0.1) is 0 Å². The average molecular weight is 227 g/mol. The summed E-state index contributed by atoms with van der Waals surface area (Å²) in [5.74, 6) is 0. The maximum atomic E-state index is 11.3. The minimum absolute atomic E-state index is 0.149. The highest BCUT2D eigenvalue weighted by molar-refractivity contribution is 7.11. The lowest BCUT2D eigenvalue weighted by atomic mass is 10.3. The predicted molar refractivity (Wildman–Crippen MR) is 59.1 cm³/mol. The number of rotatable bonds is 2. The number of benzene rings is 1. The summed E-state index contributed by atoms with van der Waals surface area (Å²) < 4.78 is 1.86. The summed E-state index contributed by atoms with van der Waals surface area (Å²) in [5, 5.41) is 0. The van der Waals surface area contributed by atoms with Crippen molar-refractivity contribution in [3.8, 4) is 0 Å². The van der Waals surface area contributed by atoms with Crippen LogP contribution in [0.5, 0.6) is 0 Å². The predicted octanol–water partition coefficient (Wildman–Crippen LogP) is 2.44. The molecule has 2 aromatic rings. The van der Waals surface area contributed by atoms with Crippen LogP contribution in [0.1, 0.15) is 0 Å². The fourth-order valence-electron chi connectivity index (χ4n) is 1.02. The van der Waals surface area contributed by atoms with Crippen LogP contribution < -0.4 is 11.0 Å². The lowest BCUT2D eigenvalue weighted by Gasteiger charge is -2.03. The second kappa shape index (κ2) is 3.86. The van der Waals surface area contributed by atoms with E-state index in [1.54, 1.807) is 0 Å². The lowest BCUT2D eigenvalue weighted by molar-refractivity contribution is 1.02. The molecule has 5 heteroatoms. The van der Waals surface area contributed by atoms with Gasteiger partial charge in [0.2, 0.25) is 0 Å². The van der Waals surface area contributed by atoms with E-state index in [4.69, 9.17) is 11.6 Å². The second-order valence-corrected chi connectivity index (χ2v) is 4.27. The molecule has 0 aliphatic carbocycles. The van der Waals surface area contributed by atoms with Gasteiger partial charge in [0.1, 0.15) is 4.34 Å². The van der Waals surface area contributed by atoms with Crippen LogP contribution in [0.15, 0.2) is 41.2 Å². The molecule has 2 rings (SSSR count). The number of para-hydroxylation sites is 1. The Labute approximate surface area is 89.7 Å². The van der Waals surface area contributed by atoms with Gasteiger partial charge in [0.15, 0.2) is 0 Å². The Balaban J connectivity index is 2.28. The van der Waals surface area contributed by atoms with E-state index in [9.17, 15) is 4.79 Å². The van der Waals surface area contributed by atoms with E-state index in [2.05, 4.69) is 5.43 Å². The first kappa shape index (κ1) is 9.30. The maximum Gasteiger partial charge on any atom is 0.281 e. The van der Waals surface area contributed by atoms with Crippen LogP contribution >= 0.6 is 23.1 Å². The van der Waals surface area contributed by atoms with Crippen molar-refractivity contribution < 1.29 is 0 Å². The number of aromatic nitrogens is 1. The number of nitrogens with one attached hydrogen (secondary N) is 1. The van der Waals surface area contributed by atoms with E-state index in [0.29, 0.717) is 4.34 Å². The molecular formula is C9H7ClN2OS. The van der Waals surface area contributed by atoms with Crippen molar-refractivity contribution in [2.45, 2.75) is 0 Å². The van der Waals surface area contributed by atoms with Crippen molar-refractivity contribution >= 4 is 28.8 Å². The first-order valence-corrected chi connectivity index (χ1v) is 5.12. The SMILES string of the molecule is O=c1cc(Cl)sn1Nc1ccccc1. The zero-order valence-electron chi connectivity index (χ0n) is 7.11. The minimum atomic E-state index is -0.149. The molecule has 0 saturated heterocycles. The summed E-state index contributed by atoms with van der Waals surface area (Å²) in [4.78, 5) is 11.3. The van der Waals surface area contributed by atoms with Gasteiger partial charge in [0.05, 0.1) is 5.69 Å². The molecule has 0 bridgehead atoms. The second-order valence-electron chi connectivity index (χ2n) is 2.65. The van der Waals surface area contributed by atoms with Crippen LogP contribution in [-0.4, -0.2) is 4.07 Å². The standard InChI is InChI=1S/C9H7ClN2OS/c10-8-6-9(13)12(14-8)11-7-4-2-1-3-5-7/h1-6,11H. The highest BCUT2D eigenvalue weighted by Crippen LogP contribution is 2.13. The summed E-state index contributed by atoms with van der Waals surface area (Å²) in [6, 6.07) is 10.8. The molecule has 72 valence electrons. The summed E-state index contributed by atoms with van der Waals surface area (Å²) in [5.41, 5.74) is 3.64. The molecule has 0 spiro atoms. The number of hydrogen-bond donors (Lipinski definition) is 1. The Morgan fingerprint density at radius 3 is 2.57 bits per heavy atom. The Hall–Kier alpha value is -1.26. The van der Waals surface area contributed by atoms with Gasteiger partial charge in [-0.15, -0.1) is 0 Å². The molecule has 0 radical (unpaired) electrons. The maximum absolute atomic E-state index is 11.3. The van der Waals surface area contributed by atoms with E-state index >= 15 is 0 Å². The van der Waals surface area contributed by atoms with Crippen LogP contribution in [-0.2, 0) is 0 Å². The Kier molecular flexibility index (Phi) is 2.56. The molecule has 0 amide bonds. The van der Waals surface area contributed by atoms with Gasteiger partial charge < -0.3 is 0 Å². The third-order valence-corrected chi connectivity index (χ3v) is 2.68. The third-order valence-electron chi connectivity index (χ3n) is 1.62. The van der Waals surface area contributed by atoms with Crippen molar-refractivity contribution in [2.24, 2.45) is 0 Å². The molecule has 0 aliphatic rings. The molecule has 1 aromatic carbocycles. The number of nitrogens with zero attached hydrogens (tertiary/aromatic N) is 1. The Morgan fingerprint density at radius 2 is 2.00 bits per heavy atom. The molecule has 0 unspecified atom stereocenters. The fourth-order valence-corrected chi connectivity index (χ4v) is 1.94. The van der Waals surface area contributed by atoms with Crippen LogP contribution in [0.3, 0.4) is 0 Å². The number of anilines is 1. The van der Waals surface area contributed by atoms with Crippen molar-refractivity contribution in [1.29, 1.82) is 0 Å². The third kappa shape index (κ3) is 1.97. The molecule has 0 fully saturated rings. The molecule has 0 aliphatic heterocycles. The highest BCUT2D eigenvalue weighted by Gasteiger charge is 2.00. The lowest BCUT2D eigenvalue weighted by Crippen LogP contribution is -2.19. The molecule has 1 aromatic heterocycles. The summed E-state index contributed by atoms with van der Waals surface area (Å²) >= 11 is 6.86. The molecule has 1 N–H and O–H groups in total. The monoisotopic (exact) mass is 226 g/mol. The normalized spacial score (nSPS) is 10.1. The zero-order valence-corrected chi connectivity index (χ0v) is 8.68. The van der Waals surface area contributed by atoms with E-state index in [1.165, 1.54) is 21.7 Å². The number of halogens is 1. The zero-order chi connectivity index (χ0) is 9.97. The van der Waals surface area contributed by atoms with Gasteiger partial charge in [0.25, 0.3) is 5.56 Å². The first-order chi connectivity index (χ1) is 6.75. The average Bonchev–Trinajstić information content (AvgIpc) is 2.47. The van der Waals surface area contributed by atoms with E-state index in [1.807, 2.05) is 30.3 Å². The van der Waals surface area contributed by atoms with E-state index in [-0.39, 0.29) is 5.56 Å². The Morgan fingerprint density at radius 1 is 1.29 bits per heavy atom. The first-order valence-electron chi connectivity index (χ1n) is 3.97. The largest absolute Gasteiger partial charge is 0.282 e. The van der Waals surface area contributed by atoms with Crippen molar-refractivity contribution in [3.63, 3.8) is 0 Å². The topological polar surface area (TPSA) is 34.0 Å². The van der Waals surface area contributed by atoms with Gasteiger partial charge in [-0.05, 0) is 23.7 Å². The molecule has 1 heterocycles. The van der Waals surface area contributed by atoms with Crippen LogP contribution in [0.2, 0.25) is 4.34 Å². The Bertz CT molecular complexity index is 477. The van der Waals surface area contributed by atoms with E-state index < -0.39 is 0 Å². The highest BCUT2D eigenvalue weighted by atomic mass is 35.5. The van der Waals surface area contributed by atoms with Gasteiger partial charge >= 0.3 is 0 Å². The van der Waals surface area contributed by atoms with Gasteiger partial charge in [-0.25, -0.2) is 0 Å². The van der Waals surface area contributed by atoms with E-state index in [0.717, 1.165) is 5.69 Å². The molecular weight excluding hydrogens is 220 g/mol. The van der Waals surface area contributed by atoms with Crippen molar-refractivity contribution in [1.82, 2.24) is 4.07 Å². The molecule has 0 atom stereocenters. The van der Waals surface area contributed by atoms with Crippen LogP contribution in [0.25, 0.3) is 0 Å². The van der Waals surface area contributed by atoms with Gasteiger partial charge in [-0.1, -0.05) is 29.8 Å². The summed E-state index contributed by atoms with van der Waals surface area (Å²) in [6.45, 7) is 0. The molecule has 3 nitrogen and oxygen atoms in total. The van der Waals surface area contributed by atoms with Crippen LogP contribution in [0.4, 0.5) is 5.69 Å². The van der Waals surface area contributed by atoms with Gasteiger partial charge in [-0.3, -0.25) is 10.2 Å². The summed E-state index contributed by atoms with van der Waals surface area (Å²) in [7, 11) is 0. The molecule has 0 saturated carbocycles. The molecule has 14 heavy (non-hydrogen) atoms. The quantitative estimate of drug-likeness (QED) is 0.854. The summed E-state index contributed by atoms with van der Waals surface area (Å²) in [6.07, 6.45) is 0. The van der Waals surface area contributed by atoms with Crippen molar-refractivity contribution in [2.75, 3.05) is 5.43 Å². The fraction of sp³-hybridized carbons (Fsp3) is 0.